The van der Waals surface area contributed by atoms with Gasteiger partial charge in [0.2, 0.25) is 5.95 Å². The number of anilines is 1. The number of hydrogen-bond donors (Lipinski definition) is 1. The molecule has 0 radical (unpaired) electrons. The van der Waals surface area contributed by atoms with Crippen LogP contribution in [0.3, 0.4) is 0 Å². The van der Waals surface area contributed by atoms with Gasteiger partial charge in [0.25, 0.3) is 0 Å². The van der Waals surface area contributed by atoms with Crippen LogP contribution < -0.4 is 19.9 Å². The predicted molar refractivity (Wildman–Crippen MR) is 115 cm³/mol. The Hall–Kier alpha value is -3.37. The number of terminal acetylenes is 1. The maximum atomic E-state index is 5.98. The molecule has 1 heterocycles. The fraction of sp³-hybridized carbons (Fsp3) is 0.182. The number of aryl methyl sites for hydroxylation is 1. The van der Waals surface area contributed by atoms with Crippen molar-refractivity contribution in [1.82, 2.24) is 9.97 Å². The summed E-state index contributed by atoms with van der Waals surface area (Å²) in [6.07, 6.45) is 5.25. The predicted octanol–water partition coefficient (Wildman–Crippen LogP) is 4.21. The Morgan fingerprint density at radius 3 is 2.52 bits per heavy atom. The number of nitrogens with zero attached hydrogens (tertiary/aromatic N) is 2. The van der Waals surface area contributed by atoms with E-state index in [4.69, 9.17) is 26.4 Å². The van der Waals surface area contributed by atoms with E-state index in [0.717, 1.165) is 33.2 Å². The van der Waals surface area contributed by atoms with Crippen LogP contribution in [-0.4, -0.2) is 30.8 Å². The molecule has 0 bridgehead atoms. The van der Waals surface area contributed by atoms with Crippen LogP contribution in [0.15, 0.2) is 52.4 Å². The van der Waals surface area contributed by atoms with Crippen molar-refractivity contribution in [3.63, 3.8) is 0 Å². The van der Waals surface area contributed by atoms with Gasteiger partial charge in [-0.2, -0.15) is 0 Å². The summed E-state index contributed by atoms with van der Waals surface area (Å²) < 4.78 is 16.2. The minimum atomic E-state index is 0.193. The molecule has 0 spiro atoms. The first-order chi connectivity index (χ1) is 14.0. The van der Waals surface area contributed by atoms with E-state index in [1.807, 2.05) is 49.4 Å². The van der Waals surface area contributed by atoms with Gasteiger partial charge in [0.05, 0.1) is 24.8 Å². The largest absolute Gasteiger partial charge is 0.497 e. The summed E-state index contributed by atoms with van der Waals surface area (Å²) >= 11 is 1.43. The van der Waals surface area contributed by atoms with E-state index in [-0.39, 0.29) is 12.6 Å². The number of methoxy groups -OCH3 is 2. The number of rotatable bonds is 7. The summed E-state index contributed by atoms with van der Waals surface area (Å²) in [4.78, 5) is 9.62. The molecule has 0 amide bonds. The van der Waals surface area contributed by atoms with Crippen molar-refractivity contribution in [3.8, 4) is 40.8 Å². The van der Waals surface area contributed by atoms with E-state index in [9.17, 15) is 0 Å². The van der Waals surface area contributed by atoms with Crippen LogP contribution in [0.4, 0.5) is 5.95 Å². The van der Waals surface area contributed by atoms with Gasteiger partial charge in [0.15, 0.2) is 0 Å². The highest BCUT2D eigenvalue weighted by molar-refractivity contribution is 7.99. The van der Waals surface area contributed by atoms with Gasteiger partial charge in [0.1, 0.15) is 28.9 Å². The molecule has 0 saturated heterocycles. The fourth-order valence-electron chi connectivity index (χ4n) is 2.75. The first-order valence-electron chi connectivity index (χ1n) is 8.75. The van der Waals surface area contributed by atoms with Gasteiger partial charge in [-0.1, -0.05) is 17.7 Å². The lowest BCUT2D eigenvalue weighted by molar-refractivity contribution is 0.370. The molecule has 2 aromatic carbocycles. The van der Waals surface area contributed by atoms with Crippen LogP contribution in [-0.2, 0) is 0 Å². The molecular weight excluding hydrogens is 386 g/mol. The van der Waals surface area contributed by atoms with Crippen molar-refractivity contribution >= 4 is 17.7 Å². The average Bonchev–Trinajstić information content (AvgIpc) is 2.71. The number of ether oxygens (including phenoxy) is 3. The van der Waals surface area contributed by atoms with E-state index < -0.39 is 0 Å². The highest BCUT2D eigenvalue weighted by atomic mass is 32.2. The molecule has 2 N–H and O–H groups in total. The molecule has 3 aromatic rings. The first-order valence-corrected chi connectivity index (χ1v) is 9.57. The van der Waals surface area contributed by atoms with Crippen molar-refractivity contribution in [2.75, 3.05) is 26.6 Å². The molecule has 0 aliphatic heterocycles. The molecular formula is C22H21N3O3S. The minimum absolute atomic E-state index is 0.193. The Kier molecular flexibility index (Phi) is 6.47. The Labute approximate surface area is 174 Å². The number of benzene rings is 2. The second-order valence-electron chi connectivity index (χ2n) is 6.04. The number of hydrogen-bond acceptors (Lipinski definition) is 7. The lowest BCUT2D eigenvalue weighted by Crippen LogP contribution is -2.00. The van der Waals surface area contributed by atoms with Crippen LogP contribution in [0.1, 0.15) is 5.56 Å². The van der Waals surface area contributed by atoms with Crippen LogP contribution in [0.25, 0.3) is 11.3 Å². The van der Waals surface area contributed by atoms with Crippen LogP contribution in [0, 0.1) is 19.3 Å². The van der Waals surface area contributed by atoms with Crippen LogP contribution in [0.2, 0.25) is 0 Å². The molecule has 29 heavy (non-hydrogen) atoms. The molecule has 0 fully saturated rings. The lowest BCUT2D eigenvalue weighted by atomic mass is 10.1. The number of nitrogen functional groups attached to an aromatic ring is 1. The third-order valence-corrected chi connectivity index (χ3v) is 5.06. The molecule has 3 rings (SSSR count). The SMILES string of the molecule is C#CCOc1ccc(-c2cc(Sc3cc(OC)ccc3OC)nc(N)n2)c(C)c1. The number of aromatic nitrogens is 2. The molecule has 6 nitrogen and oxygen atoms in total. The molecule has 0 atom stereocenters. The molecule has 0 aliphatic rings. The smallest absolute Gasteiger partial charge is 0.221 e. The van der Waals surface area contributed by atoms with Crippen molar-refractivity contribution in [3.05, 3.63) is 48.0 Å². The van der Waals surface area contributed by atoms with Gasteiger partial charge < -0.3 is 19.9 Å². The molecule has 0 aliphatic carbocycles. The second-order valence-corrected chi connectivity index (χ2v) is 7.10. The van der Waals surface area contributed by atoms with E-state index in [1.54, 1.807) is 14.2 Å². The second kappa shape index (κ2) is 9.22. The fourth-order valence-corrected chi connectivity index (χ4v) is 3.71. The van der Waals surface area contributed by atoms with Crippen molar-refractivity contribution in [1.29, 1.82) is 0 Å². The van der Waals surface area contributed by atoms with Crippen molar-refractivity contribution in [2.45, 2.75) is 16.8 Å². The quantitative estimate of drug-likeness (QED) is 0.464. The summed E-state index contributed by atoms with van der Waals surface area (Å²) in [6, 6.07) is 13.2. The monoisotopic (exact) mass is 407 g/mol. The maximum Gasteiger partial charge on any atom is 0.221 e. The Morgan fingerprint density at radius 2 is 1.83 bits per heavy atom. The van der Waals surface area contributed by atoms with Gasteiger partial charge >= 0.3 is 0 Å². The molecule has 7 heteroatoms. The summed E-state index contributed by atoms with van der Waals surface area (Å²) in [5.41, 5.74) is 8.64. The molecule has 0 unspecified atom stereocenters. The van der Waals surface area contributed by atoms with Gasteiger partial charge in [-0.25, -0.2) is 9.97 Å². The summed E-state index contributed by atoms with van der Waals surface area (Å²) in [7, 11) is 3.25. The Bertz CT molecular complexity index is 1060. The zero-order valence-corrected chi connectivity index (χ0v) is 17.2. The van der Waals surface area contributed by atoms with Gasteiger partial charge in [-0.3, -0.25) is 0 Å². The molecule has 1 aromatic heterocycles. The van der Waals surface area contributed by atoms with Crippen LogP contribution in [0.5, 0.6) is 17.2 Å². The standard InChI is InChI=1S/C22H21N3O3S/c1-5-10-28-16-6-8-17(14(2)11-16)18-13-21(25-22(23)24-18)29-20-12-15(26-3)7-9-19(20)27-4/h1,6-9,11-13H,10H2,2-4H3,(H2,23,24,25). The highest BCUT2D eigenvalue weighted by Crippen LogP contribution is 2.38. The highest BCUT2D eigenvalue weighted by Gasteiger charge is 2.13. The van der Waals surface area contributed by atoms with E-state index >= 15 is 0 Å². The zero-order chi connectivity index (χ0) is 20.8. The normalized spacial score (nSPS) is 10.3. The first kappa shape index (κ1) is 20.4. The van der Waals surface area contributed by atoms with E-state index in [2.05, 4.69) is 15.9 Å². The van der Waals surface area contributed by atoms with Gasteiger partial charge in [0, 0.05) is 5.56 Å². The molecule has 148 valence electrons. The van der Waals surface area contributed by atoms with E-state index in [1.165, 1.54) is 11.8 Å². The Balaban J connectivity index is 1.94. The minimum Gasteiger partial charge on any atom is -0.497 e. The average molecular weight is 407 g/mol. The zero-order valence-electron chi connectivity index (χ0n) is 16.4. The van der Waals surface area contributed by atoms with Crippen LogP contribution >= 0.6 is 11.8 Å². The van der Waals surface area contributed by atoms with Crippen molar-refractivity contribution in [2.24, 2.45) is 0 Å². The third kappa shape index (κ3) is 4.92. The maximum absolute atomic E-state index is 5.98. The van der Waals surface area contributed by atoms with E-state index in [0.29, 0.717) is 10.8 Å². The summed E-state index contributed by atoms with van der Waals surface area (Å²) in [6.45, 7) is 2.21. The summed E-state index contributed by atoms with van der Waals surface area (Å²) in [5.74, 6) is 4.81. The molecule has 0 saturated carbocycles. The van der Waals surface area contributed by atoms with Crippen molar-refractivity contribution < 1.29 is 14.2 Å². The third-order valence-electron chi connectivity index (χ3n) is 4.10. The number of nitrogens with two attached hydrogens (primary N) is 1. The topological polar surface area (TPSA) is 79.5 Å². The summed E-state index contributed by atoms with van der Waals surface area (Å²) in [5, 5.41) is 0.700. The Morgan fingerprint density at radius 1 is 1.03 bits per heavy atom. The lowest BCUT2D eigenvalue weighted by Gasteiger charge is -2.12. The van der Waals surface area contributed by atoms with Gasteiger partial charge in [-0.05, 0) is 55.0 Å². The van der Waals surface area contributed by atoms with Gasteiger partial charge in [-0.15, -0.1) is 6.42 Å².